The molecule has 0 aliphatic heterocycles. The predicted molar refractivity (Wildman–Crippen MR) is 107 cm³/mol. The largest absolute Gasteiger partial charge is 0.489 e. The fraction of sp³-hybridized carbons (Fsp3) is 0.333. The summed E-state index contributed by atoms with van der Waals surface area (Å²) in [5.74, 6) is -0.633. The minimum Gasteiger partial charge on any atom is -0.489 e. The van der Waals surface area contributed by atoms with Crippen LogP contribution in [0.15, 0.2) is 48.5 Å². The van der Waals surface area contributed by atoms with Crippen LogP contribution >= 0.6 is 11.6 Å². The molecule has 0 fully saturated rings. The lowest BCUT2D eigenvalue weighted by molar-refractivity contribution is -0.139. The molecule has 2 rings (SSSR count). The van der Waals surface area contributed by atoms with Gasteiger partial charge < -0.3 is 19.9 Å². The fourth-order valence-corrected chi connectivity index (χ4v) is 2.64. The lowest BCUT2D eigenvalue weighted by Crippen LogP contribution is -2.44. The van der Waals surface area contributed by atoms with Gasteiger partial charge in [0.15, 0.2) is 0 Å². The molecule has 0 spiro atoms. The van der Waals surface area contributed by atoms with E-state index in [4.69, 9.17) is 21.1 Å². The number of hydrogen-bond acceptors (Lipinski definition) is 4. The van der Waals surface area contributed by atoms with E-state index in [9.17, 15) is 14.7 Å². The average Bonchev–Trinajstić information content (AvgIpc) is 2.60. The summed E-state index contributed by atoms with van der Waals surface area (Å²) in [6, 6.07) is 13.3. The van der Waals surface area contributed by atoms with Crippen molar-refractivity contribution < 1.29 is 24.2 Å². The molecule has 0 radical (unpaired) electrons. The van der Waals surface area contributed by atoms with Gasteiger partial charge in [-0.05, 0) is 38.5 Å². The number of alkyl carbamates (subject to hydrolysis) is 1. The third-order valence-electron chi connectivity index (χ3n) is 3.73. The lowest BCUT2D eigenvalue weighted by atomic mass is 10.0. The monoisotopic (exact) mass is 405 g/mol. The van der Waals surface area contributed by atoms with Crippen LogP contribution in [0.25, 0.3) is 0 Å². The van der Waals surface area contributed by atoms with Crippen LogP contribution in [0.4, 0.5) is 4.79 Å². The third kappa shape index (κ3) is 6.78. The van der Waals surface area contributed by atoms with Crippen molar-refractivity contribution in [2.24, 2.45) is 0 Å². The molecule has 0 bridgehead atoms. The number of halogens is 1. The highest BCUT2D eigenvalue weighted by atomic mass is 35.5. The predicted octanol–water partition coefficient (Wildman–Crippen LogP) is 4.44. The first-order chi connectivity index (χ1) is 13.2. The van der Waals surface area contributed by atoms with Crippen LogP contribution in [0.1, 0.15) is 31.9 Å². The maximum atomic E-state index is 12.0. The number of hydrogen-bond donors (Lipinski definition) is 2. The number of carbonyl (C=O) groups is 2. The van der Waals surface area contributed by atoms with Gasteiger partial charge in [-0.2, -0.15) is 0 Å². The molecule has 2 N–H and O–H groups in total. The summed E-state index contributed by atoms with van der Waals surface area (Å²) in [7, 11) is 0. The normalized spacial score (nSPS) is 12.1. The zero-order valence-electron chi connectivity index (χ0n) is 16.1. The molecule has 1 amide bonds. The van der Waals surface area contributed by atoms with Gasteiger partial charge in [-0.3, -0.25) is 0 Å². The molecule has 150 valence electrons. The first kappa shape index (κ1) is 21.6. The minimum atomic E-state index is -1.16. The first-order valence-corrected chi connectivity index (χ1v) is 9.20. The van der Waals surface area contributed by atoms with E-state index in [1.54, 1.807) is 51.1 Å². The van der Waals surface area contributed by atoms with Crippen LogP contribution in [-0.4, -0.2) is 28.8 Å². The van der Waals surface area contributed by atoms with Gasteiger partial charge in [0.2, 0.25) is 0 Å². The molecular formula is C21H24ClNO5. The standard InChI is InChI=1S/C21H24ClNO5/c1-21(2,3)28-20(26)23-17(19(24)25)12-14-8-5-7-11-18(14)27-13-15-9-4-6-10-16(15)22/h4-11,17H,12-13H2,1-3H3,(H,23,26)(H,24,25). The second-order valence-corrected chi connectivity index (χ2v) is 7.64. The summed E-state index contributed by atoms with van der Waals surface area (Å²) in [5.41, 5.74) is 0.752. The van der Waals surface area contributed by atoms with Crippen LogP contribution in [-0.2, 0) is 22.6 Å². The van der Waals surface area contributed by atoms with Gasteiger partial charge >= 0.3 is 12.1 Å². The molecule has 0 saturated carbocycles. The van der Waals surface area contributed by atoms with E-state index in [1.165, 1.54) is 0 Å². The molecule has 2 aromatic carbocycles. The number of carbonyl (C=O) groups excluding carboxylic acids is 1. The summed E-state index contributed by atoms with van der Waals surface area (Å²) in [6.07, 6.45) is -0.734. The molecule has 0 aliphatic rings. The Morgan fingerprint density at radius 1 is 1.07 bits per heavy atom. The molecular weight excluding hydrogens is 382 g/mol. The molecule has 2 aromatic rings. The van der Waals surface area contributed by atoms with Crippen molar-refractivity contribution in [3.63, 3.8) is 0 Å². The van der Waals surface area contributed by atoms with Gasteiger partial charge in [0.1, 0.15) is 24.0 Å². The zero-order chi connectivity index (χ0) is 20.7. The Labute approximate surface area is 169 Å². The number of amides is 1. The molecule has 0 heterocycles. The molecule has 1 unspecified atom stereocenters. The number of ether oxygens (including phenoxy) is 2. The summed E-state index contributed by atoms with van der Waals surface area (Å²) in [4.78, 5) is 23.6. The van der Waals surface area contributed by atoms with E-state index in [2.05, 4.69) is 5.32 Å². The number of rotatable bonds is 7. The topological polar surface area (TPSA) is 84.9 Å². The quantitative estimate of drug-likeness (QED) is 0.711. The van der Waals surface area contributed by atoms with Gasteiger partial charge in [0, 0.05) is 17.0 Å². The summed E-state index contributed by atoms with van der Waals surface area (Å²) in [6.45, 7) is 5.37. The van der Waals surface area contributed by atoms with Crippen molar-refractivity contribution in [1.82, 2.24) is 5.32 Å². The van der Waals surface area contributed by atoms with Crippen molar-refractivity contribution in [2.75, 3.05) is 0 Å². The number of para-hydroxylation sites is 1. The Bertz CT molecular complexity index is 832. The highest BCUT2D eigenvalue weighted by Gasteiger charge is 2.25. The minimum absolute atomic E-state index is 0.0489. The van der Waals surface area contributed by atoms with Gasteiger partial charge in [0.05, 0.1) is 0 Å². The Balaban J connectivity index is 2.10. The number of carboxylic acid groups (broad SMARTS) is 1. The van der Waals surface area contributed by atoms with Crippen LogP contribution in [0, 0.1) is 0 Å². The van der Waals surface area contributed by atoms with E-state index in [1.807, 2.05) is 18.2 Å². The summed E-state index contributed by atoms with van der Waals surface area (Å²) < 4.78 is 11.0. The second-order valence-electron chi connectivity index (χ2n) is 7.23. The number of nitrogens with one attached hydrogen (secondary N) is 1. The van der Waals surface area contributed by atoms with Crippen molar-refractivity contribution in [3.8, 4) is 5.75 Å². The molecule has 7 heteroatoms. The van der Waals surface area contributed by atoms with Crippen molar-refractivity contribution in [2.45, 2.75) is 45.4 Å². The second kappa shape index (κ2) is 9.46. The van der Waals surface area contributed by atoms with Crippen molar-refractivity contribution >= 4 is 23.7 Å². The van der Waals surface area contributed by atoms with Crippen LogP contribution in [0.2, 0.25) is 5.02 Å². The molecule has 0 aliphatic carbocycles. The number of carboxylic acids is 1. The highest BCUT2D eigenvalue weighted by molar-refractivity contribution is 6.31. The SMILES string of the molecule is CC(C)(C)OC(=O)NC(Cc1ccccc1OCc1ccccc1Cl)C(=O)O. The van der Waals surface area contributed by atoms with E-state index < -0.39 is 23.7 Å². The maximum absolute atomic E-state index is 12.0. The zero-order valence-corrected chi connectivity index (χ0v) is 16.8. The molecule has 6 nitrogen and oxygen atoms in total. The highest BCUT2D eigenvalue weighted by Crippen LogP contribution is 2.23. The van der Waals surface area contributed by atoms with Gasteiger partial charge in [0.25, 0.3) is 0 Å². The van der Waals surface area contributed by atoms with Crippen molar-refractivity contribution in [1.29, 1.82) is 0 Å². The number of benzene rings is 2. The maximum Gasteiger partial charge on any atom is 0.408 e. The van der Waals surface area contributed by atoms with Crippen LogP contribution in [0.5, 0.6) is 5.75 Å². The lowest BCUT2D eigenvalue weighted by Gasteiger charge is -2.22. The van der Waals surface area contributed by atoms with Crippen LogP contribution in [0.3, 0.4) is 0 Å². The first-order valence-electron chi connectivity index (χ1n) is 8.82. The Morgan fingerprint density at radius 3 is 2.29 bits per heavy atom. The van der Waals surface area contributed by atoms with Gasteiger partial charge in [-0.25, -0.2) is 9.59 Å². The smallest absolute Gasteiger partial charge is 0.408 e. The van der Waals surface area contributed by atoms with E-state index in [0.29, 0.717) is 16.3 Å². The molecule has 0 aromatic heterocycles. The fourth-order valence-electron chi connectivity index (χ4n) is 2.45. The Kier molecular flexibility index (Phi) is 7.29. The van der Waals surface area contributed by atoms with E-state index in [0.717, 1.165) is 5.56 Å². The average molecular weight is 406 g/mol. The Morgan fingerprint density at radius 2 is 1.68 bits per heavy atom. The van der Waals surface area contributed by atoms with E-state index >= 15 is 0 Å². The van der Waals surface area contributed by atoms with Crippen molar-refractivity contribution in [3.05, 3.63) is 64.7 Å². The molecule has 0 saturated heterocycles. The summed E-state index contributed by atoms with van der Waals surface area (Å²) in [5, 5.41) is 12.5. The number of aliphatic carboxylic acids is 1. The van der Waals surface area contributed by atoms with E-state index in [-0.39, 0.29) is 13.0 Å². The Hall–Kier alpha value is -2.73. The van der Waals surface area contributed by atoms with Gasteiger partial charge in [-0.1, -0.05) is 48.0 Å². The summed E-state index contributed by atoms with van der Waals surface area (Å²) >= 11 is 6.15. The molecule has 28 heavy (non-hydrogen) atoms. The third-order valence-corrected chi connectivity index (χ3v) is 4.10. The van der Waals surface area contributed by atoms with Crippen LogP contribution < -0.4 is 10.1 Å². The molecule has 1 atom stereocenters. The van der Waals surface area contributed by atoms with Gasteiger partial charge in [-0.15, -0.1) is 0 Å².